The molecule has 0 saturated heterocycles. The van der Waals surface area contributed by atoms with Crippen molar-refractivity contribution in [2.75, 3.05) is 6.54 Å². The molecule has 0 spiro atoms. The van der Waals surface area contributed by atoms with Crippen molar-refractivity contribution in [3.63, 3.8) is 0 Å². The van der Waals surface area contributed by atoms with Crippen molar-refractivity contribution in [1.29, 1.82) is 0 Å². The van der Waals surface area contributed by atoms with E-state index in [0.29, 0.717) is 6.04 Å². The van der Waals surface area contributed by atoms with E-state index in [4.69, 9.17) is 0 Å². The Morgan fingerprint density at radius 3 is 2.89 bits per heavy atom. The zero-order valence-electron chi connectivity index (χ0n) is 10.6. The van der Waals surface area contributed by atoms with Crippen molar-refractivity contribution < 1.29 is 0 Å². The molecule has 18 heavy (non-hydrogen) atoms. The van der Waals surface area contributed by atoms with Crippen molar-refractivity contribution in [2.45, 2.75) is 32.4 Å². The Labute approximate surface area is 107 Å². The molecule has 1 aliphatic rings. The molecular weight excluding hydrogens is 224 g/mol. The highest BCUT2D eigenvalue weighted by Crippen LogP contribution is 2.25. The quantitative estimate of drug-likeness (QED) is 0.898. The first-order valence-corrected chi connectivity index (χ1v) is 6.62. The van der Waals surface area contributed by atoms with Crippen LogP contribution in [0.5, 0.6) is 0 Å². The van der Waals surface area contributed by atoms with Gasteiger partial charge in [-0.05, 0) is 6.42 Å². The summed E-state index contributed by atoms with van der Waals surface area (Å²) in [6.45, 7) is 4.15. The Morgan fingerprint density at radius 2 is 2.11 bits per heavy atom. The first-order valence-electron chi connectivity index (χ1n) is 6.62. The van der Waals surface area contributed by atoms with E-state index in [1.807, 2.05) is 18.2 Å². The Bertz CT molecular complexity index is 518. The van der Waals surface area contributed by atoms with Gasteiger partial charge in [-0.15, -0.1) is 10.2 Å². The van der Waals surface area contributed by atoms with Gasteiger partial charge in [-0.2, -0.15) is 0 Å². The summed E-state index contributed by atoms with van der Waals surface area (Å²) < 4.78 is 2.26. The molecule has 1 aromatic heterocycles. The second-order valence-corrected chi connectivity index (χ2v) is 4.69. The fraction of sp³-hybridized carbons (Fsp3) is 0.429. The molecule has 0 saturated carbocycles. The minimum absolute atomic E-state index is 0.355. The SMILES string of the molecule is CCCC1NCCn2c(-c3ccccc3)nnc21. The molecule has 1 atom stereocenters. The summed E-state index contributed by atoms with van der Waals surface area (Å²) in [5, 5.41) is 12.3. The normalized spacial score (nSPS) is 18.6. The topological polar surface area (TPSA) is 42.7 Å². The molecule has 2 heterocycles. The van der Waals surface area contributed by atoms with Crippen molar-refractivity contribution >= 4 is 0 Å². The number of rotatable bonds is 3. The Balaban J connectivity index is 2.00. The zero-order valence-corrected chi connectivity index (χ0v) is 10.6. The summed E-state index contributed by atoms with van der Waals surface area (Å²) in [5.74, 6) is 2.08. The molecule has 1 unspecified atom stereocenters. The van der Waals surface area contributed by atoms with Crippen molar-refractivity contribution in [3.05, 3.63) is 36.2 Å². The van der Waals surface area contributed by atoms with Gasteiger partial charge in [0.1, 0.15) is 0 Å². The minimum atomic E-state index is 0.355. The lowest BCUT2D eigenvalue weighted by Gasteiger charge is -2.24. The molecule has 1 aromatic carbocycles. The molecule has 0 amide bonds. The van der Waals surface area contributed by atoms with Gasteiger partial charge in [0.15, 0.2) is 11.6 Å². The third-order valence-electron chi connectivity index (χ3n) is 3.43. The molecule has 0 bridgehead atoms. The summed E-state index contributed by atoms with van der Waals surface area (Å²) in [4.78, 5) is 0. The van der Waals surface area contributed by atoms with Crippen LogP contribution >= 0.6 is 0 Å². The number of nitrogens with zero attached hydrogens (tertiary/aromatic N) is 3. The molecule has 4 nitrogen and oxygen atoms in total. The van der Waals surface area contributed by atoms with Gasteiger partial charge < -0.3 is 9.88 Å². The molecule has 3 rings (SSSR count). The largest absolute Gasteiger partial charge is 0.308 e. The summed E-state index contributed by atoms with van der Waals surface area (Å²) >= 11 is 0. The average molecular weight is 242 g/mol. The van der Waals surface area contributed by atoms with Gasteiger partial charge in [0, 0.05) is 18.7 Å². The van der Waals surface area contributed by atoms with Gasteiger partial charge in [-0.3, -0.25) is 0 Å². The predicted molar refractivity (Wildman–Crippen MR) is 71.1 cm³/mol. The number of benzene rings is 1. The van der Waals surface area contributed by atoms with Crippen LogP contribution in [-0.4, -0.2) is 21.3 Å². The summed E-state index contributed by atoms with van der Waals surface area (Å²) in [5.41, 5.74) is 1.15. The zero-order chi connectivity index (χ0) is 12.4. The molecule has 1 N–H and O–H groups in total. The van der Waals surface area contributed by atoms with Gasteiger partial charge in [0.05, 0.1) is 6.04 Å². The molecule has 0 radical (unpaired) electrons. The van der Waals surface area contributed by atoms with Crippen LogP contribution in [0.1, 0.15) is 31.6 Å². The van der Waals surface area contributed by atoms with Crippen LogP contribution in [0, 0.1) is 0 Å². The molecule has 0 fully saturated rings. The van der Waals surface area contributed by atoms with E-state index in [9.17, 15) is 0 Å². The lowest BCUT2D eigenvalue weighted by atomic mass is 10.1. The molecule has 2 aromatic rings. The van der Waals surface area contributed by atoms with Crippen LogP contribution in [0.15, 0.2) is 30.3 Å². The van der Waals surface area contributed by atoms with Crippen molar-refractivity contribution in [1.82, 2.24) is 20.1 Å². The van der Waals surface area contributed by atoms with Crippen LogP contribution in [0.25, 0.3) is 11.4 Å². The molecule has 1 aliphatic heterocycles. The maximum Gasteiger partial charge on any atom is 0.164 e. The van der Waals surface area contributed by atoms with Crippen LogP contribution < -0.4 is 5.32 Å². The smallest absolute Gasteiger partial charge is 0.164 e. The van der Waals surface area contributed by atoms with Crippen molar-refractivity contribution in [3.8, 4) is 11.4 Å². The lowest BCUT2D eigenvalue weighted by molar-refractivity contribution is 0.394. The van der Waals surface area contributed by atoms with Crippen molar-refractivity contribution in [2.24, 2.45) is 0 Å². The fourth-order valence-corrected chi connectivity index (χ4v) is 2.56. The maximum atomic E-state index is 4.38. The molecule has 4 heteroatoms. The van der Waals surface area contributed by atoms with Gasteiger partial charge in [0.25, 0.3) is 0 Å². The summed E-state index contributed by atoms with van der Waals surface area (Å²) in [7, 11) is 0. The Morgan fingerprint density at radius 1 is 1.28 bits per heavy atom. The maximum absolute atomic E-state index is 4.38. The number of nitrogens with one attached hydrogen (secondary N) is 1. The van der Waals surface area contributed by atoms with E-state index in [2.05, 4.69) is 39.1 Å². The lowest BCUT2D eigenvalue weighted by Crippen LogP contribution is -2.33. The highest BCUT2D eigenvalue weighted by Gasteiger charge is 2.24. The third kappa shape index (κ3) is 1.93. The summed E-state index contributed by atoms with van der Waals surface area (Å²) in [6, 6.07) is 10.7. The van der Waals surface area contributed by atoms with Crippen LogP contribution in [0.2, 0.25) is 0 Å². The van der Waals surface area contributed by atoms with E-state index in [0.717, 1.165) is 43.1 Å². The highest BCUT2D eigenvalue weighted by molar-refractivity contribution is 5.55. The Hall–Kier alpha value is -1.68. The number of hydrogen-bond donors (Lipinski definition) is 1. The number of hydrogen-bond acceptors (Lipinski definition) is 3. The van der Waals surface area contributed by atoms with E-state index < -0.39 is 0 Å². The average Bonchev–Trinajstić information content (AvgIpc) is 2.85. The van der Waals surface area contributed by atoms with Crippen LogP contribution in [0.4, 0.5) is 0 Å². The number of fused-ring (bicyclic) bond motifs is 1. The van der Waals surface area contributed by atoms with Gasteiger partial charge in [0.2, 0.25) is 0 Å². The van der Waals surface area contributed by atoms with E-state index >= 15 is 0 Å². The molecule has 94 valence electrons. The second-order valence-electron chi connectivity index (χ2n) is 4.69. The second kappa shape index (κ2) is 4.90. The van der Waals surface area contributed by atoms with E-state index in [1.165, 1.54) is 0 Å². The minimum Gasteiger partial charge on any atom is -0.308 e. The standard InChI is InChI=1S/C14H18N4/c1-2-6-12-14-17-16-13(18(14)10-9-15-12)11-7-4-3-5-8-11/h3-5,7-8,12,15H,2,6,9-10H2,1H3. The first-order chi connectivity index (χ1) is 8.90. The van der Waals surface area contributed by atoms with Crippen LogP contribution in [0.3, 0.4) is 0 Å². The number of aromatic nitrogens is 3. The molecular formula is C14H18N4. The third-order valence-corrected chi connectivity index (χ3v) is 3.43. The first kappa shape index (κ1) is 11.4. The van der Waals surface area contributed by atoms with Gasteiger partial charge >= 0.3 is 0 Å². The van der Waals surface area contributed by atoms with Gasteiger partial charge in [-0.1, -0.05) is 43.7 Å². The van der Waals surface area contributed by atoms with Crippen LogP contribution in [-0.2, 0) is 6.54 Å². The highest BCUT2D eigenvalue weighted by atomic mass is 15.3. The fourth-order valence-electron chi connectivity index (χ4n) is 2.56. The summed E-state index contributed by atoms with van der Waals surface area (Å²) in [6.07, 6.45) is 2.28. The molecule has 0 aliphatic carbocycles. The monoisotopic (exact) mass is 242 g/mol. The van der Waals surface area contributed by atoms with E-state index in [-0.39, 0.29) is 0 Å². The van der Waals surface area contributed by atoms with E-state index in [1.54, 1.807) is 0 Å². The van der Waals surface area contributed by atoms with Gasteiger partial charge in [-0.25, -0.2) is 0 Å². The predicted octanol–water partition coefficient (Wildman–Crippen LogP) is 2.39. The Kier molecular flexibility index (Phi) is 3.11.